The van der Waals surface area contributed by atoms with E-state index in [0.29, 0.717) is 6.54 Å². The van der Waals surface area contributed by atoms with Crippen LogP contribution < -0.4 is 0 Å². The third kappa shape index (κ3) is 7.19. The molecule has 1 amide bonds. The molecule has 0 radical (unpaired) electrons. The van der Waals surface area contributed by atoms with Crippen LogP contribution in [0.15, 0.2) is 70.7 Å². The van der Waals surface area contributed by atoms with E-state index in [4.69, 9.17) is 4.74 Å². The highest BCUT2D eigenvalue weighted by Crippen LogP contribution is 2.18. The Kier molecular flexibility index (Phi) is 8.66. The van der Waals surface area contributed by atoms with Crippen LogP contribution in [0.4, 0.5) is 0 Å². The van der Waals surface area contributed by atoms with Crippen molar-refractivity contribution in [2.24, 2.45) is 5.10 Å². The predicted octanol–water partition coefficient (Wildman–Crippen LogP) is 5.26. The highest BCUT2D eigenvalue weighted by molar-refractivity contribution is 5.89. The molecule has 0 atom stereocenters. The fourth-order valence-corrected chi connectivity index (χ4v) is 4.07. The van der Waals surface area contributed by atoms with Crippen molar-refractivity contribution < 1.29 is 9.53 Å². The molecule has 33 heavy (non-hydrogen) atoms. The Morgan fingerprint density at radius 2 is 1.97 bits per heavy atom. The second-order valence-corrected chi connectivity index (χ2v) is 8.93. The number of carbonyl (C=O) groups excluding carboxylic acids is 1. The molecule has 0 aliphatic carbocycles. The number of ether oxygens (including phenoxy) is 1. The number of benzene rings is 1. The fraction of sp³-hybridized carbons (Fsp3) is 0.407. The number of nitrogens with zero attached hydrogens (tertiary/aromatic N) is 3. The maximum Gasteiger partial charge on any atom is 0.280 e. The average Bonchev–Trinajstić information content (AvgIpc) is 3.44. The first-order valence-electron chi connectivity index (χ1n) is 11.6. The zero-order valence-corrected chi connectivity index (χ0v) is 20.4. The summed E-state index contributed by atoms with van der Waals surface area (Å²) in [5.74, 6) is 0.570. The lowest BCUT2D eigenvalue weighted by Gasteiger charge is -2.22. The lowest BCUT2D eigenvalue weighted by atomic mass is 10.1. The molecule has 3 rings (SSSR count). The van der Waals surface area contributed by atoms with Gasteiger partial charge in [-0.05, 0) is 87.9 Å². The Morgan fingerprint density at radius 1 is 1.21 bits per heavy atom. The van der Waals surface area contributed by atoms with Crippen molar-refractivity contribution in [3.05, 3.63) is 71.2 Å². The van der Waals surface area contributed by atoms with E-state index in [1.165, 1.54) is 17.9 Å². The monoisotopic (exact) mass is 448 g/mol. The van der Waals surface area contributed by atoms with Gasteiger partial charge in [-0.15, -0.1) is 0 Å². The number of nitrogens with one attached hydrogen (secondary N) is 1. The summed E-state index contributed by atoms with van der Waals surface area (Å²) in [4.78, 5) is 18.7. The van der Waals surface area contributed by atoms with Gasteiger partial charge in [0.2, 0.25) is 0 Å². The van der Waals surface area contributed by atoms with Gasteiger partial charge in [-0.3, -0.25) is 4.79 Å². The lowest BCUT2D eigenvalue weighted by molar-refractivity contribution is -0.135. The van der Waals surface area contributed by atoms with Gasteiger partial charge in [0.1, 0.15) is 5.76 Å². The molecule has 1 aliphatic heterocycles. The van der Waals surface area contributed by atoms with Crippen molar-refractivity contribution in [3.63, 3.8) is 0 Å². The molecule has 2 aromatic rings. The van der Waals surface area contributed by atoms with Crippen LogP contribution in [0.5, 0.6) is 0 Å². The number of rotatable bonds is 10. The van der Waals surface area contributed by atoms with Crippen LogP contribution in [0, 0.1) is 0 Å². The first-order chi connectivity index (χ1) is 15.8. The quantitative estimate of drug-likeness (QED) is 0.233. The van der Waals surface area contributed by atoms with Gasteiger partial charge in [0.15, 0.2) is 6.61 Å². The first-order valence-corrected chi connectivity index (χ1v) is 11.6. The number of aromatic nitrogens is 1. The van der Waals surface area contributed by atoms with E-state index in [1.54, 1.807) is 6.21 Å². The highest BCUT2D eigenvalue weighted by Gasteiger charge is 2.18. The van der Waals surface area contributed by atoms with Crippen molar-refractivity contribution in [1.82, 2.24) is 14.9 Å². The zero-order valence-electron chi connectivity index (χ0n) is 20.4. The number of hydrogen-bond acceptors (Lipinski definition) is 4. The molecule has 0 spiro atoms. The van der Waals surface area contributed by atoms with E-state index in [9.17, 15) is 4.79 Å². The van der Waals surface area contributed by atoms with Gasteiger partial charge in [-0.1, -0.05) is 30.4 Å². The first kappa shape index (κ1) is 24.5. The molecule has 0 saturated carbocycles. The summed E-state index contributed by atoms with van der Waals surface area (Å²) in [5.41, 5.74) is 4.91. The summed E-state index contributed by atoms with van der Waals surface area (Å²) < 4.78 is 5.97. The number of amides is 1. The van der Waals surface area contributed by atoms with Crippen LogP contribution in [0.2, 0.25) is 0 Å². The Balaban J connectivity index is 1.72. The van der Waals surface area contributed by atoms with Gasteiger partial charge in [0.05, 0.1) is 12.8 Å². The van der Waals surface area contributed by atoms with E-state index >= 15 is 0 Å². The van der Waals surface area contributed by atoms with Crippen LogP contribution in [0.25, 0.3) is 10.9 Å². The Bertz CT molecular complexity index is 1070. The molecule has 1 aromatic carbocycles. The minimum Gasteiger partial charge on any atom is -0.483 e. The average molecular weight is 449 g/mol. The second kappa shape index (κ2) is 11.7. The van der Waals surface area contributed by atoms with E-state index in [-0.39, 0.29) is 12.5 Å². The zero-order chi connectivity index (χ0) is 23.8. The number of fused-ring (bicyclic) bond motifs is 1. The maximum atomic E-state index is 13.1. The molecule has 6 nitrogen and oxygen atoms in total. The Morgan fingerprint density at radius 3 is 2.67 bits per heavy atom. The number of hydrazone groups is 1. The summed E-state index contributed by atoms with van der Waals surface area (Å²) >= 11 is 0. The molecular formula is C27H36N4O2. The van der Waals surface area contributed by atoms with Crippen molar-refractivity contribution in [2.75, 3.05) is 32.8 Å². The predicted molar refractivity (Wildman–Crippen MR) is 136 cm³/mol. The smallest absolute Gasteiger partial charge is 0.280 e. The van der Waals surface area contributed by atoms with Crippen LogP contribution in [0.3, 0.4) is 0 Å². The molecular weight excluding hydrogens is 412 g/mol. The second-order valence-electron chi connectivity index (χ2n) is 8.93. The van der Waals surface area contributed by atoms with Crippen molar-refractivity contribution in [1.29, 1.82) is 0 Å². The van der Waals surface area contributed by atoms with Crippen molar-refractivity contribution >= 4 is 23.0 Å². The number of H-pyrrole nitrogens is 1. The summed E-state index contributed by atoms with van der Waals surface area (Å²) in [6.07, 6.45) is 8.06. The molecule has 0 bridgehead atoms. The summed E-state index contributed by atoms with van der Waals surface area (Å²) in [6.45, 7) is 15.3. The molecule has 6 heteroatoms. The number of aromatic amines is 1. The largest absolute Gasteiger partial charge is 0.483 e. The molecule has 176 valence electrons. The van der Waals surface area contributed by atoms with Gasteiger partial charge >= 0.3 is 0 Å². The third-order valence-electron chi connectivity index (χ3n) is 5.66. The summed E-state index contributed by atoms with van der Waals surface area (Å²) in [5, 5.41) is 7.24. The standard InChI is InChI=1S/C27H36N4O2/c1-20(2)16-22(5)27(21(3)4)33-19-26(32)31(15-14-30-12-6-7-13-30)29-18-23-8-9-24-10-11-28-25(24)17-23/h8-11,16-18,28H,1,6-7,12-15,19H2,2-5H3. The van der Waals surface area contributed by atoms with Gasteiger partial charge in [0.25, 0.3) is 5.91 Å². The molecule has 2 heterocycles. The Labute approximate surface area is 197 Å². The topological polar surface area (TPSA) is 60.9 Å². The molecule has 0 unspecified atom stereocenters. The van der Waals surface area contributed by atoms with Crippen molar-refractivity contribution in [2.45, 2.75) is 40.5 Å². The SMILES string of the molecule is C=C(C)C=C(C)C(OCC(=O)N(CCN1CCCC1)N=Cc1ccc2cc[nH]c2c1)=C(C)C. The van der Waals surface area contributed by atoms with E-state index in [1.807, 2.05) is 64.2 Å². The van der Waals surface area contributed by atoms with Gasteiger partial charge in [0, 0.05) is 18.3 Å². The van der Waals surface area contributed by atoms with E-state index in [2.05, 4.69) is 21.6 Å². The summed E-state index contributed by atoms with van der Waals surface area (Å²) in [6, 6.07) is 8.12. The van der Waals surface area contributed by atoms with Gasteiger partial charge in [-0.25, -0.2) is 5.01 Å². The molecule has 1 aliphatic rings. The van der Waals surface area contributed by atoms with Gasteiger partial charge in [-0.2, -0.15) is 5.10 Å². The molecule has 1 aromatic heterocycles. The molecule has 1 saturated heterocycles. The van der Waals surface area contributed by atoms with Crippen LogP contribution in [0.1, 0.15) is 46.1 Å². The number of likely N-dealkylation sites (tertiary alicyclic amines) is 1. The normalized spacial score (nSPS) is 14.7. The van der Waals surface area contributed by atoms with Gasteiger partial charge < -0.3 is 14.6 Å². The number of hydrogen-bond donors (Lipinski definition) is 1. The number of allylic oxidation sites excluding steroid dienone is 4. The van der Waals surface area contributed by atoms with Crippen LogP contribution in [-0.2, 0) is 9.53 Å². The third-order valence-corrected chi connectivity index (χ3v) is 5.66. The van der Waals surface area contributed by atoms with Crippen LogP contribution >= 0.6 is 0 Å². The Hall–Kier alpha value is -3.12. The number of carbonyl (C=O) groups is 1. The minimum absolute atomic E-state index is 0.0606. The molecule has 1 fully saturated rings. The van der Waals surface area contributed by atoms with Crippen molar-refractivity contribution in [3.8, 4) is 0 Å². The maximum absolute atomic E-state index is 13.1. The van der Waals surface area contributed by atoms with Crippen LogP contribution in [-0.4, -0.2) is 59.8 Å². The minimum atomic E-state index is -0.159. The fourth-order valence-electron chi connectivity index (χ4n) is 4.07. The molecule has 1 N–H and O–H groups in total. The van der Waals surface area contributed by atoms with E-state index < -0.39 is 0 Å². The summed E-state index contributed by atoms with van der Waals surface area (Å²) in [7, 11) is 0. The van der Waals surface area contributed by atoms with E-state index in [0.717, 1.165) is 58.6 Å². The lowest BCUT2D eigenvalue weighted by Crippen LogP contribution is -2.36. The highest BCUT2D eigenvalue weighted by atomic mass is 16.5.